The van der Waals surface area contributed by atoms with Crippen molar-refractivity contribution < 1.29 is 13.2 Å². The van der Waals surface area contributed by atoms with E-state index in [0.717, 1.165) is 12.8 Å². The molecule has 2 rings (SSSR count). The summed E-state index contributed by atoms with van der Waals surface area (Å²) >= 11 is 1.18. The molecular weight excluding hydrogens is 275 g/mol. The minimum Gasteiger partial charge on any atom is -0.309 e. The quantitative estimate of drug-likeness (QED) is 0.873. The number of hydrogen-bond acceptors (Lipinski definition) is 4. The van der Waals surface area contributed by atoms with Crippen LogP contribution in [0.25, 0.3) is 0 Å². The van der Waals surface area contributed by atoms with Crippen molar-refractivity contribution in [3.05, 3.63) is 15.6 Å². The van der Waals surface area contributed by atoms with E-state index in [1.807, 2.05) is 19.0 Å². The fraction of sp³-hybridized carbons (Fsp3) is 0.750. The molecule has 0 spiro atoms. The number of thiazole rings is 1. The van der Waals surface area contributed by atoms with Gasteiger partial charge in [0.1, 0.15) is 0 Å². The summed E-state index contributed by atoms with van der Waals surface area (Å²) in [6, 6.07) is 0.397. The van der Waals surface area contributed by atoms with Gasteiger partial charge in [-0.15, -0.1) is 11.3 Å². The van der Waals surface area contributed by atoms with E-state index in [-0.39, 0.29) is 6.54 Å². The van der Waals surface area contributed by atoms with Gasteiger partial charge in [-0.3, -0.25) is 0 Å². The molecule has 0 saturated heterocycles. The first-order chi connectivity index (χ1) is 8.86. The summed E-state index contributed by atoms with van der Waals surface area (Å²) < 4.78 is 38.7. The Labute approximate surface area is 114 Å². The molecule has 1 heterocycles. The summed E-state index contributed by atoms with van der Waals surface area (Å²) in [4.78, 5) is 6.03. The van der Waals surface area contributed by atoms with Gasteiger partial charge in [0, 0.05) is 25.6 Å². The Hall–Kier alpha value is -0.660. The van der Waals surface area contributed by atoms with E-state index in [1.54, 1.807) is 0 Å². The molecule has 0 radical (unpaired) electrons. The van der Waals surface area contributed by atoms with E-state index >= 15 is 0 Å². The largest absolute Gasteiger partial charge is 0.434 e. The first-order valence-corrected chi connectivity index (χ1v) is 7.12. The smallest absolute Gasteiger partial charge is 0.309 e. The fourth-order valence-electron chi connectivity index (χ4n) is 1.69. The number of hydrogen-bond donors (Lipinski definition) is 1. The van der Waals surface area contributed by atoms with Gasteiger partial charge in [0.15, 0.2) is 5.69 Å². The zero-order valence-corrected chi connectivity index (χ0v) is 11.9. The van der Waals surface area contributed by atoms with Gasteiger partial charge in [0.05, 0.1) is 9.88 Å². The van der Waals surface area contributed by atoms with Gasteiger partial charge in [-0.2, -0.15) is 13.2 Å². The Kier molecular flexibility index (Phi) is 4.47. The Morgan fingerprint density at radius 1 is 1.37 bits per heavy atom. The summed E-state index contributed by atoms with van der Waals surface area (Å²) in [5.74, 6) is 0. The van der Waals surface area contributed by atoms with Crippen LogP contribution in [0.2, 0.25) is 0 Å². The molecule has 1 aromatic rings. The number of nitrogens with zero attached hydrogens (tertiary/aromatic N) is 2. The van der Waals surface area contributed by atoms with E-state index in [1.165, 1.54) is 11.3 Å². The normalized spacial score (nSPS) is 16.3. The van der Waals surface area contributed by atoms with E-state index in [4.69, 9.17) is 0 Å². The molecule has 0 amide bonds. The maximum atomic E-state index is 12.9. The number of likely N-dealkylation sites (N-methyl/N-ethyl adjacent to an activating group) is 1. The molecule has 0 bridgehead atoms. The standard InChI is InChI=1S/C12H18F3N3S/c1-18(2)6-5-10-17-11(12(13,14)15)9(19-10)7-16-8-3-4-8/h8,16H,3-7H2,1-2H3. The Morgan fingerprint density at radius 2 is 2.05 bits per heavy atom. The molecule has 1 fully saturated rings. The average molecular weight is 293 g/mol. The van der Waals surface area contributed by atoms with Crippen LogP contribution in [0.4, 0.5) is 13.2 Å². The first kappa shape index (κ1) is 14.7. The summed E-state index contributed by atoms with van der Waals surface area (Å²) in [7, 11) is 3.79. The minimum atomic E-state index is -4.35. The van der Waals surface area contributed by atoms with Gasteiger partial charge in [-0.25, -0.2) is 4.98 Å². The number of nitrogens with one attached hydrogen (secondary N) is 1. The third-order valence-electron chi connectivity index (χ3n) is 2.91. The second-order valence-electron chi connectivity index (χ2n) is 5.09. The highest BCUT2D eigenvalue weighted by atomic mass is 32.1. The minimum absolute atomic E-state index is 0.277. The van der Waals surface area contributed by atoms with Gasteiger partial charge in [-0.1, -0.05) is 0 Å². The Balaban J connectivity index is 2.08. The highest BCUT2D eigenvalue weighted by molar-refractivity contribution is 7.11. The number of halogens is 3. The second-order valence-corrected chi connectivity index (χ2v) is 6.25. The van der Waals surface area contributed by atoms with Crippen LogP contribution in [0, 0.1) is 0 Å². The zero-order valence-electron chi connectivity index (χ0n) is 11.0. The van der Waals surface area contributed by atoms with E-state index in [9.17, 15) is 13.2 Å². The van der Waals surface area contributed by atoms with Gasteiger partial charge >= 0.3 is 6.18 Å². The Morgan fingerprint density at radius 3 is 2.58 bits per heavy atom. The van der Waals surface area contributed by atoms with Crippen molar-refractivity contribution in [3.8, 4) is 0 Å². The van der Waals surface area contributed by atoms with Crippen LogP contribution in [-0.2, 0) is 19.1 Å². The van der Waals surface area contributed by atoms with Gasteiger partial charge in [0.2, 0.25) is 0 Å². The molecule has 0 aliphatic heterocycles. The summed E-state index contributed by atoms with van der Waals surface area (Å²) in [6.45, 7) is 0.986. The van der Waals surface area contributed by atoms with Crippen molar-refractivity contribution in [2.45, 2.75) is 38.0 Å². The van der Waals surface area contributed by atoms with Crippen molar-refractivity contribution >= 4 is 11.3 Å². The molecule has 1 aliphatic rings. The van der Waals surface area contributed by atoms with Crippen LogP contribution in [0.3, 0.4) is 0 Å². The van der Waals surface area contributed by atoms with Crippen molar-refractivity contribution in [1.29, 1.82) is 0 Å². The molecule has 1 saturated carbocycles. The molecule has 1 N–H and O–H groups in total. The lowest BCUT2D eigenvalue weighted by atomic mass is 10.3. The first-order valence-electron chi connectivity index (χ1n) is 6.30. The maximum Gasteiger partial charge on any atom is 0.434 e. The predicted octanol–water partition coefficient (Wildman–Crippen LogP) is 2.52. The van der Waals surface area contributed by atoms with Gasteiger partial charge in [0.25, 0.3) is 0 Å². The lowest BCUT2D eigenvalue weighted by molar-refractivity contribution is -0.141. The molecule has 0 aromatic carbocycles. The third-order valence-corrected chi connectivity index (χ3v) is 4.03. The van der Waals surface area contributed by atoms with Crippen LogP contribution >= 0.6 is 11.3 Å². The molecule has 1 aliphatic carbocycles. The van der Waals surface area contributed by atoms with E-state index < -0.39 is 11.9 Å². The molecule has 0 atom stereocenters. The summed E-state index contributed by atoms with van der Waals surface area (Å²) in [5, 5.41) is 3.69. The summed E-state index contributed by atoms with van der Waals surface area (Å²) in [6.07, 6.45) is -1.67. The van der Waals surface area contributed by atoms with Crippen LogP contribution in [0.5, 0.6) is 0 Å². The molecule has 108 valence electrons. The van der Waals surface area contributed by atoms with Gasteiger partial charge in [-0.05, 0) is 26.9 Å². The van der Waals surface area contributed by atoms with Crippen LogP contribution in [-0.4, -0.2) is 36.6 Å². The highest BCUT2D eigenvalue weighted by Gasteiger charge is 2.37. The second kappa shape index (κ2) is 5.76. The van der Waals surface area contributed by atoms with Crippen LogP contribution in [0.1, 0.15) is 28.4 Å². The van der Waals surface area contributed by atoms with Crippen molar-refractivity contribution in [2.24, 2.45) is 0 Å². The molecule has 3 nitrogen and oxygen atoms in total. The lowest BCUT2D eigenvalue weighted by Crippen LogP contribution is -2.18. The molecule has 19 heavy (non-hydrogen) atoms. The zero-order chi connectivity index (χ0) is 14.0. The monoisotopic (exact) mass is 293 g/mol. The molecule has 7 heteroatoms. The van der Waals surface area contributed by atoms with E-state index in [0.29, 0.717) is 28.9 Å². The fourth-order valence-corrected chi connectivity index (χ4v) is 2.72. The number of rotatable bonds is 6. The predicted molar refractivity (Wildman–Crippen MR) is 69.2 cm³/mol. The summed E-state index contributed by atoms with van der Waals surface area (Å²) in [5.41, 5.74) is -0.709. The molecule has 0 unspecified atom stereocenters. The van der Waals surface area contributed by atoms with Crippen LogP contribution in [0.15, 0.2) is 0 Å². The molecular formula is C12H18F3N3S. The third kappa shape index (κ3) is 4.43. The lowest BCUT2D eigenvalue weighted by Gasteiger charge is -2.06. The van der Waals surface area contributed by atoms with Crippen LogP contribution < -0.4 is 5.32 Å². The van der Waals surface area contributed by atoms with E-state index in [2.05, 4.69) is 10.3 Å². The molecule has 1 aromatic heterocycles. The number of alkyl halides is 3. The van der Waals surface area contributed by atoms with Gasteiger partial charge < -0.3 is 10.2 Å². The van der Waals surface area contributed by atoms with Crippen molar-refractivity contribution in [3.63, 3.8) is 0 Å². The van der Waals surface area contributed by atoms with Crippen molar-refractivity contribution in [2.75, 3.05) is 20.6 Å². The number of aromatic nitrogens is 1. The van der Waals surface area contributed by atoms with Crippen molar-refractivity contribution in [1.82, 2.24) is 15.2 Å². The highest BCUT2D eigenvalue weighted by Crippen LogP contribution is 2.35. The topological polar surface area (TPSA) is 28.2 Å². The maximum absolute atomic E-state index is 12.9. The average Bonchev–Trinajstić information content (AvgIpc) is 3.02. The SMILES string of the molecule is CN(C)CCc1nc(C(F)(F)F)c(CNC2CC2)s1. The Bertz CT molecular complexity index is 424.